The highest BCUT2D eigenvalue weighted by Crippen LogP contribution is 2.36. The molecule has 0 amide bonds. The Morgan fingerprint density at radius 2 is 2.03 bits per heavy atom. The number of hydrogen-bond acceptors (Lipinski definition) is 6. The quantitative estimate of drug-likeness (QED) is 0.210. The van der Waals surface area contributed by atoms with Gasteiger partial charge in [0.05, 0.1) is 23.9 Å². The van der Waals surface area contributed by atoms with Gasteiger partial charge in [-0.15, -0.1) is 0 Å². The Bertz CT molecular complexity index is 780. The third-order valence-electron chi connectivity index (χ3n) is 7.04. The molecule has 34 heavy (non-hydrogen) atoms. The normalized spacial score (nSPS) is 37.7. The van der Waals surface area contributed by atoms with Gasteiger partial charge < -0.3 is 24.8 Å². The molecule has 9 unspecified atom stereocenters. The van der Waals surface area contributed by atoms with Crippen LogP contribution in [-0.4, -0.2) is 57.4 Å². The maximum absolute atomic E-state index is 12.3. The topological polar surface area (TPSA) is 99.5 Å². The van der Waals surface area contributed by atoms with Gasteiger partial charge in [0.15, 0.2) is 0 Å². The summed E-state index contributed by atoms with van der Waals surface area (Å²) in [6.45, 7) is 11.6. The van der Waals surface area contributed by atoms with Crippen molar-refractivity contribution in [3.05, 3.63) is 48.1 Å². The molecule has 192 valence electrons. The van der Waals surface area contributed by atoms with Crippen LogP contribution in [0.3, 0.4) is 0 Å². The molecule has 2 rings (SSSR count). The van der Waals surface area contributed by atoms with Crippen molar-refractivity contribution in [2.24, 2.45) is 17.8 Å². The summed E-state index contributed by atoms with van der Waals surface area (Å²) < 4.78 is 11.5. The first-order chi connectivity index (χ1) is 16.0. The first kappa shape index (κ1) is 28.5. The van der Waals surface area contributed by atoms with Crippen molar-refractivity contribution in [1.82, 2.24) is 0 Å². The summed E-state index contributed by atoms with van der Waals surface area (Å²) in [6.07, 6.45) is 13.4. The summed E-state index contributed by atoms with van der Waals surface area (Å²) in [4.78, 5) is 12.3. The fourth-order valence-electron chi connectivity index (χ4n) is 4.41. The number of cyclic esters (lactones) is 1. The molecule has 1 saturated heterocycles. The summed E-state index contributed by atoms with van der Waals surface area (Å²) in [7, 11) is 0. The third-order valence-corrected chi connectivity index (χ3v) is 7.04. The maximum atomic E-state index is 12.3. The SMILES string of the molecule is CCC(O)C(C)C1OC1CC(C)/C=C/C=C(\C)C1OC(=O)/C=C\CCC(C)(O)C(O)/C=C/C1C. The van der Waals surface area contributed by atoms with Gasteiger partial charge in [0.25, 0.3) is 0 Å². The lowest BCUT2D eigenvalue weighted by Gasteiger charge is -2.28. The molecule has 3 N–H and O–H groups in total. The van der Waals surface area contributed by atoms with Crippen molar-refractivity contribution in [1.29, 1.82) is 0 Å². The second kappa shape index (κ2) is 12.8. The third kappa shape index (κ3) is 8.49. The predicted octanol–water partition coefficient (Wildman–Crippen LogP) is 4.26. The molecule has 0 aromatic heterocycles. The number of esters is 1. The van der Waals surface area contributed by atoms with Gasteiger partial charge in [-0.3, -0.25) is 0 Å². The van der Waals surface area contributed by atoms with Crippen molar-refractivity contribution in [2.45, 2.75) is 103 Å². The molecule has 0 saturated carbocycles. The Hall–Kier alpha value is -1.73. The van der Waals surface area contributed by atoms with Crippen LogP contribution >= 0.6 is 0 Å². The maximum Gasteiger partial charge on any atom is 0.331 e. The highest BCUT2D eigenvalue weighted by atomic mass is 16.6. The number of rotatable bonds is 8. The van der Waals surface area contributed by atoms with E-state index in [0.29, 0.717) is 18.8 Å². The van der Waals surface area contributed by atoms with Gasteiger partial charge in [-0.25, -0.2) is 4.79 Å². The Labute approximate surface area is 205 Å². The molecule has 0 spiro atoms. The molecule has 2 aliphatic rings. The highest BCUT2D eigenvalue weighted by molar-refractivity contribution is 5.82. The van der Waals surface area contributed by atoms with Gasteiger partial charge in [0.2, 0.25) is 0 Å². The molecule has 0 radical (unpaired) electrons. The van der Waals surface area contributed by atoms with Crippen molar-refractivity contribution < 1.29 is 29.6 Å². The molecule has 9 atom stereocenters. The zero-order valence-corrected chi connectivity index (χ0v) is 21.6. The van der Waals surface area contributed by atoms with Crippen molar-refractivity contribution in [3.63, 3.8) is 0 Å². The number of ether oxygens (including phenoxy) is 2. The Morgan fingerprint density at radius 3 is 2.71 bits per heavy atom. The monoisotopic (exact) mass is 476 g/mol. The van der Waals surface area contributed by atoms with E-state index < -0.39 is 23.8 Å². The highest BCUT2D eigenvalue weighted by Gasteiger charge is 2.44. The van der Waals surface area contributed by atoms with E-state index in [2.05, 4.69) is 13.0 Å². The van der Waals surface area contributed by atoms with Crippen LogP contribution in [0, 0.1) is 17.8 Å². The minimum Gasteiger partial charge on any atom is -0.454 e. The summed E-state index contributed by atoms with van der Waals surface area (Å²) in [6, 6.07) is 0. The van der Waals surface area contributed by atoms with Crippen molar-refractivity contribution in [3.8, 4) is 0 Å². The molecular weight excluding hydrogens is 432 g/mol. The lowest BCUT2D eigenvalue weighted by Crippen LogP contribution is -2.38. The summed E-state index contributed by atoms with van der Waals surface area (Å²) in [5.41, 5.74) is -0.375. The van der Waals surface area contributed by atoms with Crippen molar-refractivity contribution >= 4 is 5.97 Å². The van der Waals surface area contributed by atoms with E-state index in [9.17, 15) is 20.1 Å². The lowest BCUT2D eigenvalue weighted by atomic mass is 9.90. The largest absolute Gasteiger partial charge is 0.454 e. The molecule has 0 aliphatic carbocycles. The van der Waals surface area contributed by atoms with Crippen LogP contribution in [0.5, 0.6) is 0 Å². The second-order valence-electron chi connectivity index (χ2n) is 10.3. The average molecular weight is 477 g/mol. The smallest absolute Gasteiger partial charge is 0.331 e. The van der Waals surface area contributed by atoms with Crippen LogP contribution in [0.15, 0.2) is 48.1 Å². The van der Waals surface area contributed by atoms with E-state index in [-0.39, 0.29) is 30.1 Å². The number of allylic oxidation sites excluding steroid dienone is 4. The van der Waals surface area contributed by atoms with Crippen LogP contribution in [0.25, 0.3) is 0 Å². The van der Waals surface area contributed by atoms with Gasteiger partial charge in [-0.2, -0.15) is 0 Å². The van der Waals surface area contributed by atoms with E-state index >= 15 is 0 Å². The first-order valence-corrected chi connectivity index (χ1v) is 12.6. The van der Waals surface area contributed by atoms with Gasteiger partial charge in [0, 0.05) is 17.9 Å². The van der Waals surface area contributed by atoms with E-state index in [1.807, 2.05) is 39.8 Å². The summed E-state index contributed by atoms with van der Waals surface area (Å²) in [5, 5.41) is 30.9. The fraction of sp³-hybridized carbons (Fsp3) is 0.679. The van der Waals surface area contributed by atoms with Crippen LogP contribution in [0.2, 0.25) is 0 Å². The van der Waals surface area contributed by atoms with E-state index in [4.69, 9.17) is 9.47 Å². The molecule has 0 bridgehead atoms. The number of aliphatic hydroxyl groups is 3. The number of epoxide rings is 1. The van der Waals surface area contributed by atoms with Crippen LogP contribution in [0.4, 0.5) is 0 Å². The van der Waals surface area contributed by atoms with E-state index in [1.54, 1.807) is 25.2 Å². The van der Waals surface area contributed by atoms with Gasteiger partial charge >= 0.3 is 5.97 Å². The fourth-order valence-corrected chi connectivity index (χ4v) is 4.41. The average Bonchev–Trinajstić information content (AvgIpc) is 3.55. The molecule has 1 fully saturated rings. The van der Waals surface area contributed by atoms with Crippen molar-refractivity contribution in [2.75, 3.05) is 0 Å². The number of aliphatic hydroxyl groups excluding tert-OH is 2. The van der Waals surface area contributed by atoms with Gasteiger partial charge in [0.1, 0.15) is 12.2 Å². The minimum absolute atomic E-state index is 0.135. The van der Waals surface area contributed by atoms with E-state index in [0.717, 1.165) is 18.4 Å². The van der Waals surface area contributed by atoms with Crippen LogP contribution in [0.1, 0.15) is 67.2 Å². The zero-order valence-electron chi connectivity index (χ0n) is 21.6. The molecular formula is C28H44O6. The Morgan fingerprint density at radius 1 is 1.32 bits per heavy atom. The molecule has 0 aromatic carbocycles. The van der Waals surface area contributed by atoms with Crippen LogP contribution < -0.4 is 0 Å². The standard InChI is InChI=1S/C28H44O6/c1-7-22(29)21(5)27-23(33-27)17-18(2)11-10-12-19(3)26-20(4)14-15-24(30)28(6,32)16-9-8-13-25(31)34-26/h8,10-15,18,20-24,26-27,29-30,32H,7,9,16-17H2,1-6H3/b11-10+,13-8-,15-14+,19-12+. The zero-order chi connectivity index (χ0) is 25.5. The molecule has 6 heteroatoms. The van der Waals surface area contributed by atoms with E-state index in [1.165, 1.54) is 6.08 Å². The number of carbonyl (C=O) groups excluding carboxylic acids is 1. The van der Waals surface area contributed by atoms with Crippen LogP contribution in [-0.2, 0) is 14.3 Å². The first-order valence-electron chi connectivity index (χ1n) is 12.6. The molecule has 2 aliphatic heterocycles. The Balaban J connectivity index is 2.02. The number of carbonyl (C=O) groups is 1. The summed E-state index contributed by atoms with van der Waals surface area (Å²) in [5.74, 6) is -0.149. The number of hydrogen-bond donors (Lipinski definition) is 3. The lowest BCUT2D eigenvalue weighted by molar-refractivity contribution is -0.142. The molecule has 2 heterocycles. The minimum atomic E-state index is -1.26. The van der Waals surface area contributed by atoms with Gasteiger partial charge in [-0.1, -0.05) is 64.2 Å². The second-order valence-corrected chi connectivity index (χ2v) is 10.3. The molecule has 6 nitrogen and oxygen atoms in total. The predicted molar refractivity (Wildman–Crippen MR) is 134 cm³/mol. The molecule has 0 aromatic rings. The summed E-state index contributed by atoms with van der Waals surface area (Å²) >= 11 is 0. The van der Waals surface area contributed by atoms with Gasteiger partial charge in [-0.05, 0) is 51.0 Å². The Kier molecular flexibility index (Phi) is 10.8.